The quantitative estimate of drug-likeness (QED) is 0.695. The predicted octanol–water partition coefficient (Wildman–Crippen LogP) is 2.09. The van der Waals surface area contributed by atoms with Crippen molar-refractivity contribution in [2.45, 2.75) is 38.5 Å². The molecule has 0 aliphatic carbocycles. The van der Waals surface area contributed by atoms with Crippen molar-refractivity contribution in [3.63, 3.8) is 0 Å². The van der Waals surface area contributed by atoms with Crippen LogP contribution in [0.2, 0.25) is 0 Å². The molecule has 1 heterocycles. The fourth-order valence-electron chi connectivity index (χ4n) is 2.16. The number of carbonyl (C=O) groups is 1. The van der Waals surface area contributed by atoms with E-state index in [1.165, 1.54) is 0 Å². The van der Waals surface area contributed by atoms with Crippen LogP contribution in [-0.2, 0) is 4.74 Å². The molecule has 2 atom stereocenters. The summed E-state index contributed by atoms with van der Waals surface area (Å²) in [5.41, 5.74) is 0.762. The number of hydrogen-bond donors (Lipinski definition) is 4. The number of H-pyrrole nitrogens is 1. The second kappa shape index (κ2) is 6.37. The summed E-state index contributed by atoms with van der Waals surface area (Å²) in [5, 5.41) is 23.2. The molecule has 2 aromatic rings. The van der Waals surface area contributed by atoms with E-state index in [-0.39, 0.29) is 0 Å². The summed E-state index contributed by atoms with van der Waals surface area (Å²) < 4.78 is 5.13. The van der Waals surface area contributed by atoms with E-state index in [9.17, 15) is 15.0 Å². The van der Waals surface area contributed by atoms with E-state index < -0.39 is 30.4 Å². The van der Waals surface area contributed by atoms with Gasteiger partial charge in [0.2, 0.25) is 0 Å². The SMILES string of the molecule is CC(C)(C)OC(=O)N[C@@H](CO)[C@H](O)c1cc2ccccc2[nH]1. The van der Waals surface area contributed by atoms with Crippen LogP contribution in [0.15, 0.2) is 30.3 Å². The summed E-state index contributed by atoms with van der Waals surface area (Å²) in [4.78, 5) is 14.8. The maximum Gasteiger partial charge on any atom is 0.408 e. The Morgan fingerprint density at radius 1 is 1.36 bits per heavy atom. The van der Waals surface area contributed by atoms with Gasteiger partial charge in [-0.1, -0.05) is 18.2 Å². The molecule has 0 saturated heterocycles. The van der Waals surface area contributed by atoms with Gasteiger partial charge in [0.25, 0.3) is 0 Å². The smallest absolute Gasteiger partial charge is 0.408 e. The van der Waals surface area contributed by atoms with Crippen molar-refractivity contribution < 1.29 is 19.7 Å². The molecule has 4 N–H and O–H groups in total. The van der Waals surface area contributed by atoms with Crippen molar-refractivity contribution in [1.82, 2.24) is 10.3 Å². The molecule has 6 nitrogen and oxygen atoms in total. The first kappa shape index (κ1) is 16.3. The highest BCUT2D eigenvalue weighted by Crippen LogP contribution is 2.22. The highest BCUT2D eigenvalue weighted by molar-refractivity contribution is 5.80. The van der Waals surface area contributed by atoms with Crippen LogP contribution in [0.25, 0.3) is 10.9 Å². The molecule has 1 aromatic carbocycles. The van der Waals surface area contributed by atoms with Gasteiger partial charge in [0.1, 0.15) is 11.7 Å². The van der Waals surface area contributed by atoms with E-state index in [0.29, 0.717) is 5.69 Å². The third kappa shape index (κ3) is 3.99. The Hall–Kier alpha value is -2.05. The lowest BCUT2D eigenvalue weighted by Gasteiger charge is -2.25. The molecule has 0 radical (unpaired) electrons. The number of fused-ring (bicyclic) bond motifs is 1. The molecule has 0 unspecified atom stereocenters. The zero-order valence-corrected chi connectivity index (χ0v) is 13.0. The number of carbonyl (C=O) groups excluding carboxylic acids is 1. The van der Waals surface area contributed by atoms with Gasteiger partial charge in [-0.25, -0.2) is 4.79 Å². The number of aliphatic hydroxyl groups excluding tert-OH is 2. The van der Waals surface area contributed by atoms with Crippen LogP contribution < -0.4 is 5.32 Å². The minimum Gasteiger partial charge on any atom is -0.444 e. The Balaban J connectivity index is 2.11. The number of aromatic nitrogens is 1. The molecule has 22 heavy (non-hydrogen) atoms. The largest absolute Gasteiger partial charge is 0.444 e. The van der Waals surface area contributed by atoms with Gasteiger partial charge in [-0.2, -0.15) is 0 Å². The van der Waals surface area contributed by atoms with E-state index in [0.717, 1.165) is 10.9 Å². The predicted molar refractivity (Wildman–Crippen MR) is 83.5 cm³/mol. The van der Waals surface area contributed by atoms with Gasteiger partial charge in [-0.05, 0) is 38.3 Å². The first-order valence-corrected chi connectivity index (χ1v) is 7.16. The molecule has 0 saturated carbocycles. The van der Waals surface area contributed by atoms with Gasteiger partial charge < -0.3 is 25.3 Å². The van der Waals surface area contributed by atoms with Gasteiger partial charge in [0, 0.05) is 11.2 Å². The highest BCUT2D eigenvalue weighted by atomic mass is 16.6. The summed E-state index contributed by atoms with van der Waals surface area (Å²) in [6.07, 6.45) is -1.74. The van der Waals surface area contributed by atoms with Crippen molar-refractivity contribution in [3.05, 3.63) is 36.0 Å². The van der Waals surface area contributed by atoms with E-state index in [4.69, 9.17) is 4.74 Å². The minimum atomic E-state index is -1.06. The monoisotopic (exact) mass is 306 g/mol. The third-order valence-corrected chi connectivity index (χ3v) is 3.15. The summed E-state index contributed by atoms with van der Waals surface area (Å²) in [5.74, 6) is 0. The first-order valence-electron chi connectivity index (χ1n) is 7.16. The van der Waals surface area contributed by atoms with Crippen molar-refractivity contribution in [1.29, 1.82) is 0 Å². The fourth-order valence-corrected chi connectivity index (χ4v) is 2.16. The average Bonchev–Trinajstić information content (AvgIpc) is 2.86. The van der Waals surface area contributed by atoms with E-state index >= 15 is 0 Å². The number of alkyl carbamates (subject to hydrolysis) is 1. The van der Waals surface area contributed by atoms with Crippen LogP contribution in [0.4, 0.5) is 4.79 Å². The fraction of sp³-hybridized carbons (Fsp3) is 0.438. The van der Waals surface area contributed by atoms with Gasteiger partial charge in [-0.15, -0.1) is 0 Å². The number of aliphatic hydroxyl groups is 2. The highest BCUT2D eigenvalue weighted by Gasteiger charge is 2.26. The topological polar surface area (TPSA) is 94.6 Å². The third-order valence-electron chi connectivity index (χ3n) is 3.15. The molecule has 0 spiro atoms. The number of hydrogen-bond acceptors (Lipinski definition) is 4. The van der Waals surface area contributed by atoms with E-state index in [2.05, 4.69) is 10.3 Å². The zero-order chi connectivity index (χ0) is 16.3. The number of para-hydroxylation sites is 1. The molecule has 1 aromatic heterocycles. The van der Waals surface area contributed by atoms with Crippen LogP contribution in [0.1, 0.15) is 32.6 Å². The summed E-state index contributed by atoms with van der Waals surface area (Å²) in [6.45, 7) is 4.83. The summed E-state index contributed by atoms with van der Waals surface area (Å²) >= 11 is 0. The Labute approximate surface area is 129 Å². The molecule has 0 fully saturated rings. The Bertz CT molecular complexity index is 612. The maximum atomic E-state index is 11.8. The molecular weight excluding hydrogens is 284 g/mol. The zero-order valence-electron chi connectivity index (χ0n) is 13.0. The summed E-state index contributed by atoms with van der Waals surface area (Å²) in [6, 6.07) is 8.52. The lowest BCUT2D eigenvalue weighted by Crippen LogP contribution is -2.44. The molecule has 0 aliphatic heterocycles. The van der Waals surface area contributed by atoms with Crippen molar-refractivity contribution >= 4 is 17.0 Å². The van der Waals surface area contributed by atoms with Crippen molar-refractivity contribution in [3.8, 4) is 0 Å². The summed E-state index contributed by atoms with van der Waals surface area (Å²) in [7, 11) is 0. The van der Waals surface area contributed by atoms with Gasteiger partial charge in [0.15, 0.2) is 0 Å². The number of nitrogens with one attached hydrogen (secondary N) is 2. The average molecular weight is 306 g/mol. The van der Waals surface area contributed by atoms with Gasteiger partial charge in [-0.3, -0.25) is 0 Å². The number of aromatic amines is 1. The molecule has 0 aliphatic rings. The van der Waals surface area contributed by atoms with Crippen LogP contribution in [-0.4, -0.2) is 39.5 Å². The van der Waals surface area contributed by atoms with Crippen molar-refractivity contribution in [2.75, 3.05) is 6.61 Å². The van der Waals surface area contributed by atoms with E-state index in [1.807, 2.05) is 24.3 Å². The van der Waals surface area contributed by atoms with Gasteiger partial charge >= 0.3 is 6.09 Å². The van der Waals surface area contributed by atoms with Crippen LogP contribution in [0, 0.1) is 0 Å². The molecular formula is C16H22N2O4. The number of benzene rings is 1. The Morgan fingerprint density at radius 2 is 2.05 bits per heavy atom. The Kier molecular flexibility index (Phi) is 4.73. The molecule has 2 rings (SSSR count). The normalized spacial score (nSPS) is 14.6. The molecule has 0 bridgehead atoms. The molecule has 6 heteroatoms. The lowest BCUT2D eigenvalue weighted by atomic mass is 10.1. The first-order chi connectivity index (χ1) is 10.3. The number of ether oxygens (including phenoxy) is 1. The van der Waals surface area contributed by atoms with Gasteiger partial charge in [0.05, 0.1) is 12.6 Å². The molecule has 120 valence electrons. The lowest BCUT2D eigenvalue weighted by molar-refractivity contribution is 0.0344. The second-order valence-electron chi connectivity index (χ2n) is 6.19. The van der Waals surface area contributed by atoms with Crippen molar-refractivity contribution in [2.24, 2.45) is 0 Å². The van der Waals surface area contributed by atoms with Crippen LogP contribution in [0.3, 0.4) is 0 Å². The number of rotatable bonds is 4. The van der Waals surface area contributed by atoms with Crippen LogP contribution >= 0.6 is 0 Å². The van der Waals surface area contributed by atoms with Crippen LogP contribution in [0.5, 0.6) is 0 Å². The molecule has 1 amide bonds. The number of amides is 1. The standard InChI is InChI=1S/C16H22N2O4/c1-16(2,3)22-15(21)18-13(9-19)14(20)12-8-10-6-4-5-7-11(10)17-12/h4-8,13-14,17,19-20H,9H2,1-3H3,(H,18,21)/t13-,14+/m0/s1. The van der Waals surface area contributed by atoms with E-state index in [1.54, 1.807) is 26.8 Å². The maximum absolute atomic E-state index is 11.8. The Morgan fingerprint density at radius 3 is 2.64 bits per heavy atom. The second-order valence-corrected chi connectivity index (χ2v) is 6.19. The minimum absolute atomic E-state index is 0.407.